The predicted molar refractivity (Wildman–Crippen MR) is 178 cm³/mol. The van der Waals surface area contributed by atoms with Crippen molar-refractivity contribution in [2.45, 2.75) is 38.3 Å². The van der Waals surface area contributed by atoms with Gasteiger partial charge >= 0.3 is 0 Å². The smallest absolute Gasteiger partial charge is 0.256 e. The highest BCUT2D eigenvalue weighted by Crippen LogP contribution is 2.28. The molecule has 2 amide bonds. The number of nitrogens with one attached hydrogen (secondary N) is 2. The summed E-state index contributed by atoms with van der Waals surface area (Å²) in [6.45, 7) is 10.7. The van der Waals surface area contributed by atoms with Gasteiger partial charge in [0.15, 0.2) is 12.5 Å². The number of hydrogen-bond acceptors (Lipinski definition) is 10. The minimum absolute atomic E-state index is 0.189. The van der Waals surface area contributed by atoms with Crippen LogP contribution in [0.5, 0.6) is 0 Å². The summed E-state index contributed by atoms with van der Waals surface area (Å²) in [5.41, 5.74) is 5.29. The maximum Gasteiger partial charge on any atom is 0.256 e. The first-order chi connectivity index (χ1) is 22.4. The van der Waals surface area contributed by atoms with Crippen molar-refractivity contribution in [3.8, 4) is 0 Å². The second kappa shape index (κ2) is 14.8. The summed E-state index contributed by atoms with van der Waals surface area (Å²) < 4.78 is 0. The Morgan fingerprint density at radius 2 is 1.70 bits per heavy atom. The largest absolute Gasteiger partial charge is 0.373 e. The maximum absolute atomic E-state index is 13.5. The zero-order valence-corrected chi connectivity index (χ0v) is 27.2. The molecule has 1 atom stereocenters. The first-order valence-electron chi connectivity index (χ1n) is 16.8. The van der Waals surface area contributed by atoms with Gasteiger partial charge in [0.05, 0.1) is 17.4 Å². The highest BCUT2D eigenvalue weighted by Gasteiger charge is 2.31. The Morgan fingerprint density at radius 1 is 0.978 bits per heavy atom. The van der Waals surface area contributed by atoms with E-state index in [4.69, 9.17) is 4.84 Å². The molecule has 4 fully saturated rings. The fraction of sp³-hybridized carbons (Fsp3) is 0.588. The molecule has 0 aliphatic carbocycles. The van der Waals surface area contributed by atoms with Crippen LogP contribution in [-0.2, 0) is 9.63 Å². The number of nitrogens with zero attached hydrogens (tertiary/aromatic N) is 6. The zero-order valence-electron chi connectivity index (χ0n) is 27.2. The molecule has 2 N–H and O–H groups in total. The molecule has 46 heavy (non-hydrogen) atoms. The van der Waals surface area contributed by atoms with Crippen LogP contribution in [0.3, 0.4) is 0 Å². The summed E-state index contributed by atoms with van der Waals surface area (Å²) >= 11 is 0. The Labute approximate surface area is 272 Å². The van der Waals surface area contributed by atoms with Gasteiger partial charge in [-0.1, -0.05) is 0 Å². The molecule has 248 valence electrons. The quantitative estimate of drug-likeness (QED) is 0.379. The number of rotatable bonds is 10. The Hall–Kier alpha value is -3.74. The van der Waals surface area contributed by atoms with Crippen LogP contribution < -0.4 is 20.6 Å². The van der Waals surface area contributed by atoms with E-state index in [-0.39, 0.29) is 11.8 Å². The number of carbonyl (C=O) groups excluding carboxylic acids is 3. The monoisotopic (exact) mass is 632 g/mol. The van der Waals surface area contributed by atoms with E-state index < -0.39 is 6.23 Å². The molecular weight excluding hydrogens is 584 g/mol. The Morgan fingerprint density at radius 3 is 2.39 bits per heavy atom. The minimum Gasteiger partial charge on any atom is -0.373 e. The number of anilines is 3. The lowest BCUT2D eigenvalue weighted by Crippen LogP contribution is -2.53. The topological polar surface area (TPSA) is 114 Å². The average molecular weight is 633 g/mol. The predicted octanol–water partition coefficient (Wildman–Crippen LogP) is 2.54. The van der Waals surface area contributed by atoms with E-state index in [1.165, 1.54) is 43.1 Å². The fourth-order valence-electron chi connectivity index (χ4n) is 7.19. The highest BCUT2D eigenvalue weighted by molar-refractivity contribution is 6.02. The molecule has 4 saturated heterocycles. The molecule has 1 aromatic carbocycles. The SMILES string of the molecule is CNc1ccc(N2CC(CN3CCC(CN4CCN(c5ccc(C=O)c(C(=O)N(C)C6CCCC(=O)NO6)c5)CC4)CC3)C2)cn1. The van der Waals surface area contributed by atoms with Crippen molar-refractivity contribution in [2.75, 3.05) is 94.7 Å². The number of hydrogen-bond donors (Lipinski definition) is 2. The van der Waals surface area contributed by atoms with E-state index in [1.54, 1.807) is 13.1 Å². The van der Waals surface area contributed by atoms with Crippen molar-refractivity contribution in [1.82, 2.24) is 25.2 Å². The highest BCUT2D eigenvalue weighted by atomic mass is 16.7. The Kier molecular flexibility index (Phi) is 10.4. The second-order valence-corrected chi connectivity index (χ2v) is 13.2. The van der Waals surface area contributed by atoms with E-state index >= 15 is 0 Å². The number of benzene rings is 1. The third-order valence-corrected chi connectivity index (χ3v) is 10.1. The summed E-state index contributed by atoms with van der Waals surface area (Å²) in [7, 11) is 3.55. The van der Waals surface area contributed by atoms with Gasteiger partial charge in [0, 0.05) is 90.0 Å². The van der Waals surface area contributed by atoms with Gasteiger partial charge in [0.1, 0.15) is 5.82 Å². The zero-order chi connectivity index (χ0) is 32.0. The number of hydroxylamine groups is 1. The summed E-state index contributed by atoms with van der Waals surface area (Å²) in [5.74, 6) is 1.90. The molecule has 4 aliphatic heterocycles. The van der Waals surface area contributed by atoms with Crippen LogP contribution in [0.4, 0.5) is 17.2 Å². The number of aromatic nitrogens is 1. The number of amides is 2. The fourth-order valence-corrected chi connectivity index (χ4v) is 7.19. The molecule has 12 nitrogen and oxygen atoms in total. The van der Waals surface area contributed by atoms with Crippen LogP contribution in [-0.4, -0.2) is 124 Å². The molecule has 0 saturated carbocycles. The van der Waals surface area contributed by atoms with E-state index in [1.807, 2.05) is 31.4 Å². The van der Waals surface area contributed by atoms with Crippen molar-refractivity contribution in [2.24, 2.45) is 11.8 Å². The average Bonchev–Trinajstić information content (AvgIpc) is 3.30. The molecule has 1 aromatic heterocycles. The van der Waals surface area contributed by atoms with Crippen LogP contribution in [0.25, 0.3) is 0 Å². The minimum atomic E-state index is -0.578. The van der Waals surface area contributed by atoms with E-state index in [9.17, 15) is 14.4 Å². The molecular formula is C34H48N8O4. The third kappa shape index (κ3) is 7.62. The van der Waals surface area contributed by atoms with Crippen LogP contribution in [0.2, 0.25) is 0 Å². The molecule has 5 heterocycles. The van der Waals surface area contributed by atoms with Gasteiger partial charge in [-0.2, -0.15) is 0 Å². The van der Waals surface area contributed by atoms with Gasteiger partial charge in [0.25, 0.3) is 5.91 Å². The van der Waals surface area contributed by atoms with E-state index in [0.717, 1.165) is 75.4 Å². The summed E-state index contributed by atoms with van der Waals surface area (Å²) in [6.07, 6.45) is 6.17. The molecule has 6 rings (SSSR count). The lowest BCUT2D eigenvalue weighted by Gasteiger charge is -2.44. The third-order valence-electron chi connectivity index (χ3n) is 10.1. The standard InChI is InChI=1S/C34H48N8O4/c1-35-31-9-8-29(19-36-31)42-22-26(23-42)21-39-12-10-25(11-13-39)20-40-14-16-41(17-15-40)28-7-6-27(24-43)30(18-28)34(45)38(2)33-5-3-4-32(44)37-46-33/h6-9,18-19,24-26,33H,3-5,10-17,20-23H2,1-2H3,(H,35,36)(H,37,44). The molecule has 0 spiro atoms. The van der Waals surface area contributed by atoms with Gasteiger partial charge in [-0.25, -0.2) is 15.3 Å². The van der Waals surface area contributed by atoms with Crippen LogP contribution in [0, 0.1) is 11.8 Å². The first-order valence-corrected chi connectivity index (χ1v) is 16.8. The second-order valence-electron chi connectivity index (χ2n) is 13.2. The Balaban J connectivity index is 0.933. The lowest BCUT2D eigenvalue weighted by molar-refractivity contribution is -0.142. The number of aldehydes is 1. The summed E-state index contributed by atoms with van der Waals surface area (Å²) in [4.78, 5) is 58.3. The Bertz CT molecular complexity index is 1350. The number of carbonyl (C=O) groups is 3. The van der Waals surface area contributed by atoms with Crippen molar-refractivity contribution < 1.29 is 19.2 Å². The number of piperazine rings is 1. The van der Waals surface area contributed by atoms with E-state index in [0.29, 0.717) is 30.4 Å². The van der Waals surface area contributed by atoms with Crippen LogP contribution >= 0.6 is 0 Å². The molecule has 12 heteroatoms. The van der Waals surface area contributed by atoms with Crippen molar-refractivity contribution >= 4 is 35.3 Å². The molecule has 2 aromatic rings. The van der Waals surface area contributed by atoms with Gasteiger partial charge < -0.3 is 24.9 Å². The normalized spacial score (nSPS) is 22.1. The van der Waals surface area contributed by atoms with Gasteiger partial charge in [0.2, 0.25) is 5.91 Å². The van der Waals surface area contributed by atoms with Gasteiger partial charge in [-0.05, 0) is 75.0 Å². The van der Waals surface area contributed by atoms with Crippen molar-refractivity contribution in [3.05, 3.63) is 47.7 Å². The summed E-state index contributed by atoms with van der Waals surface area (Å²) in [6, 6.07) is 9.70. The first kappa shape index (κ1) is 32.2. The maximum atomic E-state index is 13.5. The van der Waals surface area contributed by atoms with E-state index in [2.05, 4.69) is 41.4 Å². The molecule has 0 bridgehead atoms. The summed E-state index contributed by atoms with van der Waals surface area (Å²) in [5, 5.41) is 3.08. The molecule has 1 unspecified atom stereocenters. The number of pyridine rings is 1. The van der Waals surface area contributed by atoms with Crippen molar-refractivity contribution in [3.63, 3.8) is 0 Å². The van der Waals surface area contributed by atoms with Crippen LogP contribution in [0.15, 0.2) is 36.5 Å². The number of piperidine rings is 1. The molecule has 0 radical (unpaired) electrons. The lowest BCUT2D eigenvalue weighted by atomic mass is 9.93. The molecule has 4 aliphatic rings. The number of likely N-dealkylation sites (tertiary alicyclic amines) is 1. The van der Waals surface area contributed by atoms with Crippen LogP contribution in [0.1, 0.15) is 52.8 Å². The van der Waals surface area contributed by atoms with Gasteiger partial charge in [-0.15, -0.1) is 0 Å². The van der Waals surface area contributed by atoms with Gasteiger partial charge in [-0.3, -0.25) is 19.3 Å². The van der Waals surface area contributed by atoms with Crippen molar-refractivity contribution in [1.29, 1.82) is 0 Å².